The fourth-order valence-electron chi connectivity index (χ4n) is 2.10. The van der Waals surface area contributed by atoms with Crippen LogP contribution in [0.15, 0.2) is 36.7 Å². The Balaban J connectivity index is 1.61. The van der Waals surface area contributed by atoms with E-state index in [4.69, 9.17) is 0 Å². The van der Waals surface area contributed by atoms with Gasteiger partial charge in [-0.1, -0.05) is 17.3 Å². The van der Waals surface area contributed by atoms with Crippen LogP contribution in [-0.2, 0) is 24.4 Å². The van der Waals surface area contributed by atoms with Gasteiger partial charge in [-0.3, -0.25) is 9.48 Å². The molecule has 0 radical (unpaired) electrons. The molecule has 2 aromatic heterocycles. The number of nitrogens with one attached hydrogen (secondary N) is 1. The summed E-state index contributed by atoms with van der Waals surface area (Å²) in [4.78, 5) is 12.0. The Hall–Kier alpha value is -2.70. The third-order valence-electron chi connectivity index (χ3n) is 3.21. The van der Waals surface area contributed by atoms with Gasteiger partial charge in [-0.15, -0.1) is 5.10 Å². The second-order valence-electron chi connectivity index (χ2n) is 4.72. The molecule has 108 valence electrons. The predicted molar refractivity (Wildman–Crippen MR) is 77.3 cm³/mol. The summed E-state index contributed by atoms with van der Waals surface area (Å²) in [5.41, 5.74) is 2.62. The molecule has 1 N–H and O–H groups in total. The molecule has 0 aliphatic heterocycles. The first-order valence-electron chi connectivity index (χ1n) is 6.82. The lowest BCUT2D eigenvalue weighted by Gasteiger charge is -2.04. The van der Waals surface area contributed by atoms with Crippen molar-refractivity contribution >= 4 is 16.9 Å². The lowest BCUT2D eigenvalue weighted by molar-refractivity contribution is -0.121. The molecule has 7 nitrogen and oxygen atoms in total. The zero-order valence-electron chi connectivity index (χ0n) is 11.7. The third-order valence-corrected chi connectivity index (χ3v) is 3.21. The molecule has 7 heteroatoms. The van der Waals surface area contributed by atoms with Crippen molar-refractivity contribution in [3.8, 4) is 0 Å². The quantitative estimate of drug-likeness (QED) is 0.757. The Morgan fingerprint density at radius 2 is 2.19 bits per heavy atom. The van der Waals surface area contributed by atoms with Crippen LogP contribution >= 0.6 is 0 Å². The molecule has 0 bridgehead atoms. The van der Waals surface area contributed by atoms with E-state index in [1.807, 2.05) is 42.1 Å². The fourth-order valence-corrected chi connectivity index (χ4v) is 2.10. The molecule has 1 aromatic carbocycles. The lowest BCUT2D eigenvalue weighted by Crippen LogP contribution is -2.27. The Kier molecular flexibility index (Phi) is 3.63. The monoisotopic (exact) mass is 284 g/mol. The summed E-state index contributed by atoms with van der Waals surface area (Å²) in [6, 6.07) is 7.57. The highest BCUT2D eigenvalue weighted by Crippen LogP contribution is 2.09. The number of hydrogen-bond acceptors (Lipinski definition) is 4. The van der Waals surface area contributed by atoms with Crippen molar-refractivity contribution in [2.75, 3.05) is 0 Å². The minimum absolute atomic E-state index is 0.102. The average Bonchev–Trinajstić information content (AvgIpc) is 3.12. The van der Waals surface area contributed by atoms with Gasteiger partial charge < -0.3 is 5.32 Å². The standard InChI is InChI=1S/C14H16N6O/c1-2-19-9-11(8-16-19)7-15-14(21)10-20-13-6-4-3-5-12(13)17-18-20/h3-6,8-9H,2,7,10H2,1H3,(H,15,21). The van der Waals surface area contributed by atoms with Gasteiger partial charge in [0.25, 0.3) is 0 Å². The van der Waals surface area contributed by atoms with E-state index in [1.54, 1.807) is 10.9 Å². The van der Waals surface area contributed by atoms with Crippen molar-refractivity contribution in [2.24, 2.45) is 0 Å². The zero-order valence-corrected chi connectivity index (χ0v) is 11.7. The van der Waals surface area contributed by atoms with Gasteiger partial charge >= 0.3 is 0 Å². The van der Waals surface area contributed by atoms with Crippen molar-refractivity contribution < 1.29 is 4.79 Å². The second kappa shape index (κ2) is 5.74. The molecule has 2 heterocycles. The second-order valence-corrected chi connectivity index (χ2v) is 4.72. The van der Waals surface area contributed by atoms with Crippen LogP contribution in [0, 0.1) is 0 Å². The van der Waals surface area contributed by atoms with Crippen LogP contribution in [0.2, 0.25) is 0 Å². The van der Waals surface area contributed by atoms with Gasteiger partial charge in [-0.05, 0) is 19.1 Å². The highest BCUT2D eigenvalue weighted by molar-refractivity contribution is 5.79. The van der Waals surface area contributed by atoms with Crippen molar-refractivity contribution in [3.63, 3.8) is 0 Å². The summed E-state index contributed by atoms with van der Waals surface area (Å²) in [6.07, 6.45) is 3.68. The number of aromatic nitrogens is 5. The summed E-state index contributed by atoms with van der Waals surface area (Å²) < 4.78 is 3.42. The fraction of sp³-hybridized carbons (Fsp3) is 0.286. The molecular formula is C14H16N6O. The molecule has 0 saturated carbocycles. The maximum absolute atomic E-state index is 12.0. The lowest BCUT2D eigenvalue weighted by atomic mass is 10.3. The van der Waals surface area contributed by atoms with Crippen molar-refractivity contribution in [3.05, 3.63) is 42.2 Å². The van der Waals surface area contributed by atoms with Gasteiger partial charge in [0.1, 0.15) is 12.1 Å². The number of nitrogens with zero attached hydrogens (tertiary/aromatic N) is 5. The first-order valence-corrected chi connectivity index (χ1v) is 6.82. The van der Waals surface area contributed by atoms with E-state index in [0.717, 1.165) is 23.1 Å². The molecule has 0 fully saturated rings. The topological polar surface area (TPSA) is 77.6 Å². The molecule has 0 saturated heterocycles. The maximum atomic E-state index is 12.0. The number of fused-ring (bicyclic) bond motifs is 1. The third kappa shape index (κ3) is 2.91. The van der Waals surface area contributed by atoms with Crippen LogP contribution in [0.4, 0.5) is 0 Å². The maximum Gasteiger partial charge on any atom is 0.242 e. The largest absolute Gasteiger partial charge is 0.350 e. The average molecular weight is 284 g/mol. The van der Waals surface area contributed by atoms with E-state index in [9.17, 15) is 4.79 Å². The van der Waals surface area contributed by atoms with Crippen LogP contribution in [-0.4, -0.2) is 30.7 Å². The SMILES string of the molecule is CCn1cc(CNC(=O)Cn2nnc3ccccc32)cn1. The van der Waals surface area contributed by atoms with Crippen LogP contribution < -0.4 is 5.32 Å². The van der Waals surface area contributed by atoms with Gasteiger partial charge in [-0.25, -0.2) is 4.68 Å². The van der Waals surface area contributed by atoms with Gasteiger partial charge in [0.05, 0.1) is 11.7 Å². The van der Waals surface area contributed by atoms with Gasteiger partial charge in [0.15, 0.2) is 0 Å². The molecule has 0 aliphatic rings. The highest BCUT2D eigenvalue weighted by atomic mass is 16.2. The summed E-state index contributed by atoms with van der Waals surface area (Å²) >= 11 is 0. The predicted octanol–water partition coefficient (Wildman–Crippen LogP) is 0.964. The number of rotatable bonds is 5. The molecule has 0 aliphatic carbocycles. The van der Waals surface area contributed by atoms with Crippen molar-refractivity contribution in [1.29, 1.82) is 0 Å². The van der Waals surface area contributed by atoms with E-state index in [1.165, 1.54) is 0 Å². The Labute approximate surface area is 121 Å². The first kappa shape index (κ1) is 13.3. The van der Waals surface area contributed by atoms with Crippen LogP contribution in [0.25, 0.3) is 11.0 Å². The van der Waals surface area contributed by atoms with Crippen LogP contribution in [0.3, 0.4) is 0 Å². The Bertz CT molecular complexity index is 760. The number of carbonyl (C=O) groups is 1. The minimum atomic E-state index is -0.102. The normalized spacial score (nSPS) is 10.9. The van der Waals surface area contributed by atoms with Crippen LogP contribution in [0.1, 0.15) is 12.5 Å². The van der Waals surface area contributed by atoms with E-state index >= 15 is 0 Å². The minimum Gasteiger partial charge on any atom is -0.350 e. The number of aryl methyl sites for hydroxylation is 1. The molecule has 21 heavy (non-hydrogen) atoms. The highest BCUT2D eigenvalue weighted by Gasteiger charge is 2.08. The number of benzene rings is 1. The Morgan fingerprint density at radius 3 is 3.00 bits per heavy atom. The van der Waals surface area contributed by atoms with Crippen molar-refractivity contribution in [2.45, 2.75) is 26.6 Å². The van der Waals surface area contributed by atoms with E-state index in [2.05, 4.69) is 20.7 Å². The Morgan fingerprint density at radius 1 is 1.33 bits per heavy atom. The van der Waals surface area contributed by atoms with Gasteiger partial charge in [0, 0.05) is 24.8 Å². The smallest absolute Gasteiger partial charge is 0.242 e. The summed E-state index contributed by atoms with van der Waals surface area (Å²) in [5.74, 6) is -0.102. The molecule has 1 amide bonds. The summed E-state index contributed by atoms with van der Waals surface area (Å²) in [6.45, 7) is 3.46. The molecule has 3 aromatic rings. The number of hydrogen-bond donors (Lipinski definition) is 1. The van der Waals surface area contributed by atoms with E-state index < -0.39 is 0 Å². The number of amides is 1. The molecule has 0 spiro atoms. The van der Waals surface area contributed by atoms with E-state index in [0.29, 0.717) is 6.54 Å². The molecular weight excluding hydrogens is 268 g/mol. The summed E-state index contributed by atoms with van der Waals surface area (Å²) in [5, 5.41) is 15.0. The molecule has 0 atom stereocenters. The van der Waals surface area contributed by atoms with Gasteiger partial charge in [0.2, 0.25) is 5.91 Å². The zero-order chi connectivity index (χ0) is 14.7. The van der Waals surface area contributed by atoms with E-state index in [-0.39, 0.29) is 12.5 Å². The molecule has 0 unspecified atom stereocenters. The van der Waals surface area contributed by atoms with Crippen molar-refractivity contribution in [1.82, 2.24) is 30.1 Å². The van der Waals surface area contributed by atoms with Gasteiger partial charge in [-0.2, -0.15) is 5.10 Å². The number of carbonyl (C=O) groups excluding carboxylic acids is 1. The summed E-state index contributed by atoms with van der Waals surface area (Å²) in [7, 11) is 0. The first-order chi connectivity index (χ1) is 10.3. The van der Waals surface area contributed by atoms with Crippen LogP contribution in [0.5, 0.6) is 0 Å². The number of para-hydroxylation sites is 1. The molecule has 3 rings (SSSR count).